The molecule has 0 aromatic rings. The second kappa shape index (κ2) is 2.17. The number of rotatable bonds is 2. The van der Waals surface area contributed by atoms with Crippen LogP contribution >= 0.6 is 0 Å². The van der Waals surface area contributed by atoms with Gasteiger partial charge in [0.1, 0.15) is 0 Å². The molecule has 2 atom stereocenters. The first-order valence-corrected chi connectivity index (χ1v) is 3.18. The highest BCUT2D eigenvalue weighted by atomic mass is 14.6. The van der Waals surface area contributed by atoms with Gasteiger partial charge in [-0.2, -0.15) is 0 Å². The molecule has 0 radical (unpaired) electrons. The summed E-state index contributed by atoms with van der Waals surface area (Å²) in [4.78, 5) is 3.30. The Bertz CT molecular complexity index is 112. The minimum absolute atomic E-state index is 0.745. The van der Waals surface area contributed by atoms with Gasteiger partial charge in [-0.3, -0.25) is 0 Å². The Morgan fingerprint density at radius 3 is 2.75 bits per heavy atom. The molecule has 1 nitrogen and oxygen atoms in total. The average Bonchev–Trinajstić information content (AvgIpc) is 2.42. The highest BCUT2D eigenvalue weighted by Gasteiger charge is 2.32. The highest BCUT2D eigenvalue weighted by molar-refractivity contribution is 4.84. The largest absolute Gasteiger partial charge is 0.317 e. The maximum Gasteiger partial charge on any atom is 0.214 e. The van der Waals surface area contributed by atoms with Crippen LogP contribution in [-0.4, -0.2) is 6.54 Å². The van der Waals surface area contributed by atoms with E-state index in [9.17, 15) is 0 Å². The van der Waals surface area contributed by atoms with E-state index < -0.39 is 0 Å². The van der Waals surface area contributed by atoms with Gasteiger partial charge in [0.15, 0.2) is 0 Å². The molecule has 1 heteroatoms. The molecular formula is C7H11N. The van der Waals surface area contributed by atoms with Gasteiger partial charge in [-0.1, -0.05) is 6.92 Å². The second-order valence-corrected chi connectivity index (χ2v) is 2.64. The quantitative estimate of drug-likeness (QED) is 0.477. The van der Waals surface area contributed by atoms with Crippen molar-refractivity contribution in [3.8, 4) is 0 Å². The molecule has 0 saturated heterocycles. The Hall–Kier alpha value is -0.510. The summed E-state index contributed by atoms with van der Waals surface area (Å²) in [5.41, 5.74) is 0. The van der Waals surface area contributed by atoms with Gasteiger partial charge in [0.2, 0.25) is 6.54 Å². The van der Waals surface area contributed by atoms with Crippen LogP contribution in [-0.2, 0) is 0 Å². The zero-order chi connectivity index (χ0) is 5.98. The molecule has 2 unspecified atom stereocenters. The van der Waals surface area contributed by atoms with Crippen molar-refractivity contribution in [1.82, 2.24) is 0 Å². The van der Waals surface area contributed by atoms with Gasteiger partial charge in [-0.05, 0) is 18.3 Å². The molecule has 1 aliphatic rings. The first-order valence-electron chi connectivity index (χ1n) is 3.18. The Morgan fingerprint density at radius 1 is 1.75 bits per heavy atom. The summed E-state index contributed by atoms with van der Waals surface area (Å²) in [5.74, 6) is 1.83. The van der Waals surface area contributed by atoms with Crippen molar-refractivity contribution >= 4 is 0 Å². The molecule has 0 spiro atoms. The fourth-order valence-corrected chi connectivity index (χ4v) is 1.03. The topological polar surface area (TPSA) is 4.36 Å². The lowest BCUT2D eigenvalue weighted by molar-refractivity contribution is 0.711. The van der Waals surface area contributed by atoms with Gasteiger partial charge in [0.25, 0.3) is 0 Å². The van der Waals surface area contributed by atoms with Gasteiger partial charge in [-0.25, -0.2) is 6.57 Å². The molecule has 0 amide bonds. The molecule has 44 valence electrons. The number of nitrogens with zero attached hydrogens (tertiary/aromatic N) is 1. The maximum absolute atomic E-state index is 6.51. The van der Waals surface area contributed by atoms with Crippen LogP contribution in [0.4, 0.5) is 0 Å². The second-order valence-electron chi connectivity index (χ2n) is 2.64. The lowest BCUT2D eigenvalue weighted by atomic mass is 10.2. The van der Waals surface area contributed by atoms with Gasteiger partial charge in [-0.15, -0.1) is 0 Å². The van der Waals surface area contributed by atoms with E-state index in [1.54, 1.807) is 0 Å². The van der Waals surface area contributed by atoms with Crippen LogP contribution in [0.15, 0.2) is 0 Å². The van der Waals surface area contributed by atoms with E-state index in [1.165, 1.54) is 6.42 Å². The van der Waals surface area contributed by atoms with Crippen molar-refractivity contribution < 1.29 is 0 Å². The Morgan fingerprint density at radius 2 is 2.38 bits per heavy atom. The van der Waals surface area contributed by atoms with E-state index >= 15 is 0 Å². The van der Waals surface area contributed by atoms with Gasteiger partial charge < -0.3 is 4.85 Å². The minimum atomic E-state index is 0.745. The SMILES string of the molecule is [C-]#[N+]CCC1CC1C. The smallest absolute Gasteiger partial charge is 0.214 e. The number of hydrogen-bond acceptors (Lipinski definition) is 0. The van der Waals surface area contributed by atoms with E-state index in [0.29, 0.717) is 0 Å². The predicted molar refractivity (Wildman–Crippen MR) is 33.4 cm³/mol. The third-order valence-electron chi connectivity index (χ3n) is 1.89. The molecule has 0 heterocycles. The Kier molecular flexibility index (Phi) is 1.53. The summed E-state index contributed by atoms with van der Waals surface area (Å²) in [6.45, 7) is 9.52. The van der Waals surface area contributed by atoms with E-state index in [4.69, 9.17) is 6.57 Å². The summed E-state index contributed by atoms with van der Waals surface area (Å²) in [6, 6.07) is 0. The van der Waals surface area contributed by atoms with Crippen molar-refractivity contribution in [3.63, 3.8) is 0 Å². The monoisotopic (exact) mass is 109 g/mol. The summed E-state index contributed by atoms with van der Waals surface area (Å²) in [5, 5.41) is 0. The van der Waals surface area contributed by atoms with Gasteiger partial charge in [0, 0.05) is 6.42 Å². The molecule has 1 rings (SSSR count). The van der Waals surface area contributed by atoms with E-state index in [0.717, 1.165) is 24.8 Å². The molecule has 0 bridgehead atoms. The van der Waals surface area contributed by atoms with E-state index in [-0.39, 0.29) is 0 Å². The van der Waals surface area contributed by atoms with Crippen LogP contribution in [0.1, 0.15) is 19.8 Å². The fraction of sp³-hybridized carbons (Fsp3) is 0.857. The standard InChI is InChI=1S/C7H11N/c1-6-5-7(6)3-4-8-2/h6-7H,3-5H2,1H3. The summed E-state index contributed by atoms with van der Waals surface area (Å²) in [7, 11) is 0. The molecule has 1 saturated carbocycles. The first kappa shape index (κ1) is 5.62. The molecule has 1 aliphatic carbocycles. The van der Waals surface area contributed by atoms with Gasteiger partial charge >= 0.3 is 0 Å². The van der Waals surface area contributed by atoms with Crippen LogP contribution in [0.5, 0.6) is 0 Å². The molecule has 8 heavy (non-hydrogen) atoms. The molecule has 0 aromatic heterocycles. The summed E-state index contributed by atoms with van der Waals surface area (Å²) < 4.78 is 0. The maximum atomic E-state index is 6.51. The third-order valence-corrected chi connectivity index (χ3v) is 1.89. The minimum Gasteiger partial charge on any atom is -0.317 e. The lowest BCUT2D eigenvalue weighted by Crippen LogP contribution is -1.80. The molecule has 1 fully saturated rings. The lowest BCUT2D eigenvalue weighted by Gasteiger charge is -1.83. The van der Waals surface area contributed by atoms with Crippen LogP contribution in [0.2, 0.25) is 0 Å². The third kappa shape index (κ3) is 1.23. The van der Waals surface area contributed by atoms with Crippen LogP contribution < -0.4 is 0 Å². The molecule has 0 aliphatic heterocycles. The van der Waals surface area contributed by atoms with E-state index in [1.807, 2.05) is 0 Å². The zero-order valence-electron chi connectivity index (χ0n) is 5.22. The van der Waals surface area contributed by atoms with Crippen molar-refractivity contribution in [2.75, 3.05) is 6.54 Å². The first-order chi connectivity index (χ1) is 3.84. The summed E-state index contributed by atoms with van der Waals surface area (Å²) >= 11 is 0. The fourth-order valence-electron chi connectivity index (χ4n) is 1.03. The molecular weight excluding hydrogens is 98.1 g/mol. The normalized spacial score (nSPS) is 34.0. The van der Waals surface area contributed by atoms with Crippen LogP contribution in [0.3, 0.4) is 0 Å². The average molecular weight is 109 g/mol. The van der Waals surface area contributed by atoms with E-state index in [2.05, 4.69) is 11.8 Å². The van der Waals surface area contributed by atoms with Crippen molar-refractivity contribution in [1.29, 1.82) is 0 Å². The summed E-state index contributed by atoms with van der Waals surface area (Å²) in [6.07, 6.45) is 2.51. The molecule has 0 aromatic carbocycles. The van der Waals surface area contributed by atoms with Gasteiger partial charge in [0.05, 0.1) is 0 Å². The zero-order valence-corrected chi connectivity index (χ0v) is 5.22. The van der Waals surface area contributed by atoms with Crippen LogP contribution in [0.25, 0.3) is 4.85 Å². The Balaban J connectivity index is 1.99. The van der Waals surface area contributed by atoms with Crippen molar-refractivity contribution in [2.45, 2.75) is 19.8 Å². The predicted octanol–water partition coefficient (Wildman–Crippen LogP) is 1.95. The Labute approximate surface area is 50.5 Å². The number of hydrogen-bond donors (Lipinski definition) is 0. The highest BCUT2D eigenvalue weighted by Crippen LogP contribution is 2.40. The van der Waals surface area contributed by atoms with Crippen LogP contribution in [0, 0.1) is 18.4 Å². The van der Waals surface area contributed by atoms with Crippen molar-refractivity contribution in [2.24, 2.45) is 11.8 Å². The van der Waals surface area contributed by atoms with Crippen molar-refractivity contribution in [3.05, 3.63) is 11.4 Å². The molecule has 0 N–H and O–H groups in total.